The van der Waals surface area contributed by atoms with Crippen LogP contribution in [0.5, 0.6) is 0 Å². The highest BCUT2D eigenvalue weighted by Gasteiger charge is 2.14. The summed E-state index contributed by atoms with van der Waals surface area (Å²) >= 11 is 6.42. The monoisotopic (exact) mass is 415 g/mol. The Morgan fingerprint density at radius 3 is 2.55 bits per heavy atom. The Bertz CT molecular complexity index is 851. The van der Waals surface area contributed by atoms with E-state index >= 15 is 0 Å². The fourth-order valence-corrected chi connectivity index (χ4v) is 3.70. The summed E-state index contributed by atoms with van der Waals surface area (Å²) in [6.07, 6.45) is 5.35. The Balaban J connectivity index is 1.59. The fourth-order valence-electron chi connectivity index (χ4n) is 3.38. The maximum Gasteiger partial charge on any atom is 0.248 e. The minimum absolute atomic E-state index is 0.186. The van der Waals surface area contributed by atoms with Crippen molar-refractivity contribution in [1.29, 1.82) is 0 Å². The first kappa shape index (κ1) is 21.4. The largest absolute Gasteiger partial charge is 0.369 e. The van der Waals surface area contributed by atoms with E-state index in [1.165, 1.54) is 11.8 Å². The van der Waals surface area contributed by atoms with E-state index in [9.17, 15) is 4.79 Å². The lowest BCUT2D eigenvalue weighted by atomic mass is 10.2. The highest BCUT2D eigenvalue weighted by Crippen LogP contribution is 2.22. The molecule has 1 aromatic heterocycles. The number of anilines is 2. The van der Waals surface area contributed by atoms with Crippen LogP contribution in [0.1, 0.15) is 31.0 Å². The van der Waals surface area contributed by atoms with Crippen molar-refractivity contribution in [1.82, 2.24) is 14.7 Å². The van der Waals surface area contributed by atoms with Crippen molar-refractivity contribution in [3.63, 3.8) is 0 Å². The lowest BCUT2D eigenvalue weighted by Gasteiger charge is -2.34. The molecule has 0 radical (unpaired) electrons. The van der Waals surface area contributed by atoms with E-state index in [-0.39, 0.29) is 5.91 Å². The van der Waals surface area contributed by atoms with Gasteiger partial charge in [0, 0.05) is 55.7 Å². The molecule has 0 saturated carbocycles. The van der Waals surface area contributed by atoms with Gasteiger partial charge in [0.1, 0.15) is 5.15 Å². The number of halogens is 1. The first-order valence-electron chi connectivity index (χ1n) is 10.2. The quantitative estimate of drug-likeness (QED) is 0.693. The van der Waals surface area contributed by atoms with E-state index in [0.29, 0.717) is 5.15 Å². The van der Waals surface area contributed by atoms with Crippen LogP contribution >= 0.6 is 11.6 Å². The first-order chi connectivity index (χ1) is 14.0. The normalized spacial score (nSPS) is 15.2. The molecule has 1 aliphatic rings. The molecule has 1 N–H and O–H groups in total. The van der Waals surface area contributed by atoms with Crippen molar-refractivity contribution in [3.05, 3.63) is 46.8 Å². The van der Waals surface area contributed by atoms with Gasteiger partial charge in [-0.05, 0) is 50.7 Å². The highest BCUT2D eigenvalue weighted by atomic mass is 35.5. The number of aryl methyl sites for hydroxylation is 2. The number of carbonyl (C=O) groups is 1. The summed E-state index contributed by atoms with van der Waals surface area (Å²) in [5.41, 5.74) is 3.59. The number of likely N-dealkylation sites (N-methyl/N-ethyl adjacent to an activating group) is 1. The number of nitrogens with one attached hydrogen (secondary N) is 1. The van der Waals surface area contributed by atoms with Gasteiger partial charge in [-0.15, -0.1) is 0 Å². The molecule has 0 aliphatic carbocycles. The zero-order valence-corrected chi connectivity index (χ0v) is 18.2. The average Bonchev–Trinajstić information content (AvgIpc) is 2.99. The Morgan fingerprint density at radius 1 is 1.21 bits per heavy atom. The van der Waals surface area contributed by atoms with Crippen molar-refractivity contribution in [2.24, 2.45) is 0 Å². The molecule has 3 rings (SSSR count). The summed E-state index contributed by atoms with van der Waals surface area (Å²) in [6.45, 7) is 9.01. The molecule has 2 aromatic rings. The predicted molar refractivity (Wildman–Crippen MR) is 121 cm³/mol. The van der Waals surface area contributed by atoms with Crippen LogP contribution in [0.15, 0.2) is 30.3 Å². The van der Waals surface area contributed by atoms with Crippen molar-refractivity contribution >= 4 is 35.0 Å². The van der Waals surface area contributed by atoms with E-state index < -0.39 is 0 Å². The molecule has 0 atom stereocenters. The van der Waals surface area contributed by atoms with Gasteiger partial charge in [0.25, 0.3) is 0 Å². The topological polar surface area (TPSA) is 53.4 Å². The molecule has 1 amide bonds. The molecule has 0 spiro atoms. The minimum atomic E-state index is -0.186. The smallest absolute Gasteiger partial charge is 0.248 e. The van der Waals surface area contributed by atoms with Crippen LogP contribution in [0.3, 0.4) is 0 Å². The van der Waals surface area contributed by atoms with Gasteiger partial charge in [0.15, 0.2) is 0 Å². The van der Waals surface area contributed by atoms with Crippen LogP contribution in [0.25, 0.3) is 6.08 Å². The number of aromatic nitrogens is 2. The highest BCUT2D eigenvalue weighted by molar-refractivity contribution is 6.31. The Labute approximate surface area is 178 Å². The molecule has 2 heterocycles. The minimum Gasteiger partial charge on any atom is -0.369 e. The molecule has 7 heteroatoms. The molecule has 1 aromatic carbocycles. The lowest BCUT2D eigenvalue weighted by molar-refractivity contribution is -0.111. The zero-order valence-electron chi connectivity index (χ0n) is 17.5. The average molecular weight is 416 g/mol. The van der Waals surface area contributed by atoms with Gasteiger partial charge in [0.2, 0.25) is 5.91 Å². The van der Waals surface area contributed by atoms with Crippen LogP contribution < -0.4 is 10.2 Å². The van der Waals surface area contributed by atoms with Crippen molar-refractivity contribution < 1.29 is 4.79 Å². The number of hydrogen-bond donors (Lipinski definition) is 1. The van der Waals surface area contributed by atoms with Gasteiger partial charge in [-0.3, -0.25) is 9.48 Å². The van der Waals surface area contributed by atoms with Gasteiger partial charge in [-0.1, -0.05) is 24.9 Å². The molecule has 0 unspecified atom stereocenters. The van der Waals surface area contributed by atoms with E-state index in [2.05, 4.69) is 46.3 Å². The predicted octanol–water partition coefficient (Wildman–Crippen LogP) is 4.05. The number of hydrogen-bond acceptors (Lipinski definition) is 4. The third kappa shape index (κ3) is 5.61. The molecule has 156 valence electrons. The van der Waals surface area contributed by atoms with Gasteiger partial charge in [0.05, 0.1) is 5.69 Å². The Hall–Kier alpha value is -2.31. The molecule has 1 saturated heterocycles. The molecule has 29 heavy (non-hydrogen) atoms. The maximum absolute atomic E-state index is 12.3. The molecule has 1 aliphatic heterocycles. The standard InChI is InChI=1S/C22H30ClN5O/c1-4-5-12-28-22(23)20(17(2)25-28)10-11-21(29)24-18-6-8-19(9-7-18)27-15-13-26(3)14-16-27/h6-11H,4-5,12-16H2,1-3H3,(H,24,29). The van der Waals surface area contributed by atoms with Crippen LogP contribution in [0, 0.1) is 6.92 Å². The number of nitrogens with zero attached hydrogens (tertiary/aromatic N) is 4. The third-order valence-electron chi connectivity index (χ3n) is 5.24. The first-order valence-corrected chi connectivity index (χ1v) is 10.6. The van der Waals surface area contributed by atoms with E-state index in [4.69, 9.17) is 11.6 Å². The number of piperazine rings is 1. The number of rotatable bonds is 7. The van der Waals surface area contributed by atoms with E-state index in [1.54, 1.807) is 10.8 Å². The number of carbonyl (C=O) groups excluding carboxylic acids is 1. The summed E-state index contributed by atoms with van der Waals surface area (Å²) in [7, 11) is 2.15. The summed E-state index contributed by atoms with van der Waals surface area (Å²) in [6, 6.07) is 8.01. The van der Waals surface area contributed by atoms with E-state index in [0.717, 1.165) is 62.5 Å². The number of amides is 1. The van der Waals surface area contributed by atoms with Crippen LogP contribution in [-0.2, 0) is 11.3 Å². The lowest BCUT2D eigenvalue weighted by Crippen LogP contribution is -2.44. The number of unbranched alkanes of at least 4 members (excludes halogenated alkanes) is 1. The zero-order chi connectivity index (χ0) is 20.8. The molecule has 0 bridgehead atoms. The number of benzene rings is 1. The second-order valence-corrected chi connectivity index (χ2v) is 7.88. The summed E-state index contributed by atoms with van der Waals surface area (Å²) in [5.74, 6) is -0.186. The van der Waals surface area contributed by atoms with Gasteiger partial charge < -0.3 is 15.1 Å². The van der Waals surface area contributed by atoms with Gasteiger partial charge in [-0.25, -0.2) is 0 Å². The second kappa shape index (κ2) is 9.94. The summed E-state index contributed by atoms with van der Waals surface area (Å²) < 4.78 is 1.80. The Kier molecular flexibility index (Phi) is 7.34. The molecule has 6 nitrogen and oxygen atoms in total. The maximum atomic E-state index is 12.3. The van der Waals surface area contributed by atoms with Gasteiger partial charge >= 0.3 is 0 Å². The Morgan fingerprint density at radius 2 is 1.90 bits per heavy atom. The SMILES string of the molecule is CCCCn1nc(C)c(C=CC(=O)Nc2ccc(N3CCN(C)CC3)cc2)c1Cl. The molecule has 1 fully saturated rings. The van der Waals surface area contributed by atoms with Crippen LogP contribution in [-0.4, -0.2) is 53.8 Å². The molecular weight excluding hydrogens is 386 g/mol. The van der Waals surface area contributed by atoms with Crippen LogP contribution in [0.4, 0.5) is 11.4 Å². The summed E-state index contributed by atoms with van der Waals surface area (Å²) in [5, 5.41) is 7.95. The second-order valence-electron chi connectivity index (χ2n) is 7.53. The third-order valence-corrected chi connectivity index (χ3v) is 5.64. The van der Waals surface area contributed by atoms with Crippen molar-refractivity contribution in [3.8, 4) is 0 Å². The van der Waals surface area contributed by atoms with Gasteiger partial charge in [-0.2, -0.15) is 5.10 Å². The van der Waals surface area contributed by atoms with Crippen molar-refractivity contribution in [2.45, 2.75) is 33.2 Å². The van der Waals surface area contributed by atoms with Crippen LogP contribution in [0.2, 0.25) is 5.15 Å². The summed E-state index contributed by atoms with van der Waals surface area (Å²) in [4.78, 5) is 17.0. The fraction of sp³-hybridized carbons (Fsp3) is 0.455. The molecular formula is C22H30ClN5O. The van der Waals surface area contributed by atoms with Crippen molar-refractivity contribution in [2.75, 3.05) is 43.4 Å². The van der Waals surface area contributed by atoms with E-state index in [1.807, 2.05) is 19.1 Å².